The van der Waals surface area contributed by atoms with Gasteiger partial charge in [-0.25, -0.2) is 9.97 Å². The molecule has 1 amide bonds. The van der Waals surface area contributed by atoms with E-state index in [-0.39, 0.29) is 35.7 Å². The van der Waals surface area contributed by atoms with E-state index in [1.54, 1.807) is 12.3 Å². The monoisotopic (exact) mass is 365 g/mol. The Morgan fingerprint density at radius 2 is 2.11 bits per heavy atom. The summed E-state index contributed by atoms with van der Waals surface area (Å²) in [4.78, 5) is 22.9. The molecule has 1 aromatic heterocycles. The maximum absolute atomic E-state index is 13.0. The van der Waals surface area contributed by atoms with Gasteiger partial charge in [0.25, 0.3) is 5.91 Å². The van der Waals surface area contributed by atoms with Crippen LogP contribution in [0.2, 0.25) is 0 Å². The Morgan fingerprint density at radius 3 is 2.93 bits per heavy atom. The summed E-state index contributed by atoms with van der Waals surface area (Å²) in [6.07, 6.45) is 4.82. The van der Waals surface area contributed by atoms with Gasteiger partial charge in [-0.3, -0.25) is 4.79 Å². The third-order valence-corrected chi connectivity index (χ3v) is 6.22. The third kappa shape index (κ3) is 2.62. The van der Waals surface area contributed by atoms with Crippen molar-refractivity contribution in [3.63, 3.8) is 0 Å². The maximum Gasteiger partial charge on any atom is 0.272 e. The molecule has 3 aliphatic heterocycles. The van der Waals surface area contributed by atoms with Crippen molar-refractivity contribution in [2.75, 3.05) is 6.54 Å². The summed E-state index contributed by atoms with van der Waals surface area (Å²) < 4.78 is 12.9. The van der Waals surface area contributed by atoms with Crippen LogP contribution in [0.3, 0.4) is 0 Å². The van der Waals surface area contributed by atoms with Crippen LogP contribution in [0.1, 0.15) is 48.8 Å². The molecule has 2 fully saturated rings. The fourth-order valence-electron chi connectivity index (χ4n) is 4.85. The summed E-state index contributed by atoms with van der Waals surface area (Å²) in [6, 6.07) is 9.88. The number of hydrogen-bond acceptors (Lipinski definition) is 5. The van der Waals surface area contributed by atoms with Crippen molar-refractivity contribution in [2.45, 2.75) is 50.5 Å². The number of para-hydroxylation sites is 1. The van der Waals surface area contributed by atoms with E-state index in [0.29, 0.717) is 12.2 Å². The Morgan fingerprint density at radius 1 is 1.26 bits per heavy atom. The molecule has 140 valence electrons. The number of amides is 1. The van der Waals surface area contributed by atoms with Crippen LogP contribution >= 0.6 is 0 Å². The van der Waals surface area contributed by atoms with Crippen molar-refractivity contribution >= 4 is 5.91 Å². The molecule has 4 atom stereocenters. The molecule has 0 spiro atoms. The van der Waals surface area contributed by atoms with Gasteiger partial charge in [-0.1, -0.05) is 18.2 Å². The van der Waals surface area contributed by atoms with Gasteiger partial charge in [-0.05, 0) is 38.8 Å². The zero-order chi connectivity index (χ0) is 18.6. The topological polar surface area (TPSA) is 64.6 Å². The lowest BCUT2D eigenvalue weighted by Gasteiger charge is -2.50. The first kappa shape index (κ1) is 16.7. The van der Waals surface area contributed by atoms with Crippen molar-refractivity contribution in [1.29, 1.82) is 0 Å². The van der Waals surface area contributed by atoms with Crippen LogP contribution < -0.4 is 4.74 Å². The zero-order valence-electron chi connectivity index (χ0n) is 15.5. The fourth-order valence-corrected chi connectivity index (χ4v) is 4.85. The van der Waals surface area contributed by atoms with Gasteiger partial charge < -0.3 is 14.4 Å². The summed E-state index contributed by atoms with van der Waals surface area (Å²) in [7, 11) is 0. The number of carbonyl (C=O) groups is 1. The molecule has 0 unspecified atom stereocenters. The van der Waals surface area contributed by atoms with Gasteiger partial charge in [0.05, 0.1) is 18.2 Å². The van der Waals surface area contributed by atoms with Crippen LogP contribution in [0.15, 0.2) is 42.9 Å². The summed E-state index contributed by atoms with van der Waals surface area (Å²) in [5, 5.41) is 0. The van der Waals surface area contributed by atoms with Crippen molar-refractivity contribution in [1.82, 2.24) is 14.9 Å². The maximum atomic E-state index is 13.0. The van der Waals surface area contributed by atoms with E-state index in [1.807, 2.05) is 23.1 Å². The Kier molecular flexibility index (Phi) is 3.72. The Labute approximate surface area is 158 Å². The predicted octanol–water partition coefficient (Wildman–Crippen LogP) is 3.01. The number of hydrogen-bond donors (Lipinski definition) is 0. The number of carbonyl (C=O) groups excluding carboxylic acids is 1. The molecule has 0 radical (unpaired) electrons. The fraction of sp³-hybridized carbons (Fsp3) is 0.476. The molecule has 0 N–H and O–H groups in total. The van der Waals surface area contributed by atoms with Crippen molar-refractivity contribution in [3.05, 3.63) is 54.1 Å². The molecular weight excluding hydrogens is 342 g/mol. The van der Waals surface area contributed by atoms with Gasteiger partial charge in [0, 0.05) is 24.2 Å². The van der Waals surface area contributed by atoms with Gasteiger partial charge in [0.15, 0.2) is 0 Å². The lowest BCUT2D eigenvalue weighted by atomic mass is 9.74. The number of ether oxygens (including phenoxy) is 2. The SMILES string of the molecule is CC1(C)Oc2ccccc2[C@@H]2O[C@@H]3CCN(C(=O)c4ccncn4)[C@@H]3C[C@H]21. The molecule has 6 nitrogen and oxygen atoms in total. The van der Waals surface area contributed by atoms with Crippen molar-refractivity contribution in [3.8, 4) is 5.75 Å². The zero-order valence-corrected chi connectivity index (χ0v) is 15.5. The second-order valence-electron chi connectivity index (χ2n) is 8.13. The number of fused-ring (bicyclic) bond motifs is 4. The molecule has 3 aliphatic rings. The number of likely N-dealkylation sites (tertiary alicyclic amines) is 1. The summed E-state index contributed by atoms with van der Waals surface area (Å²) in [5.41, 5.74) is 1.22. The average molecular weight is 365 g/mol. The molecule has 0 aliphatic carbocycles. The molecule has 2 saturated heterocycles. The molecular formula is C21H23N3O3. The highest BCUT2D eigenvalue weighted by Crippen LogP contribution is 2.52. The van der Waals surface area contributed by atoms with E-state index in [0.717, 1.165) is 24.2 Å². The van der Waals surface area contributed by atoms with E-state index in [9.17, 15) is 4.79 Å². The molecule has 6 heteroatoms. The minimum Gasteiger partial charge on any atom is -0.487 e. The first-order valence-corrected chi connectivity index (χ1v) is 9.55. The Hall–Kier alpha value is -2.47. The molecule has 4 heterocycles. The average Bonchev–Trinajstić information content (AvgIpc) is 3.10. The van der Waals surface area contributed by atoms with Gasteiger partial charge >= 0.3 is 0 Å². The molecule has 5 rings (SSSR count). The van der Waals surface area contributed by atoms with Gasteiger partial charge in [0.1, 0.15) is 23.4 Å². The van der Waals surface area contributed by atoms with Crippen LogP contribution in [-0.2, 0) is 4.74 Å². The summed E-state index contributed by atoms with van der Waals surface area (Å²) in [5.74, 6) is 1.06. The van der Waals surface area contributed by atoms with E-state index >= 15 is 0 Å². The normalized spacial score (nSPS) is 30.7. The highest BCUT2D eigenvalue weighted by Gasteiger charge is 2.53. The van der Waals surface area contributed by atoms with Crippen LogP contribution in [0, 0.1) is 5.92 Å². The van der Waals surface area contributed by atoms with Gasteiger partial charge in [0.2, 0.25) is 0 Å². The Bertz CT molecular complexity index is 870. The second kappa shape index (κ2) is 6.02. The minimum absolute atomic E-state index is 0.0142. The minimum atomic E-state index is -0.351. The van der Waals surface area contributed by atoms with E-state index < -0.39 is 0 Å². The third-order valence-electron chi connectivity index (χ3n) is 6.22. The summed E-state index contributed by atoms with van der Waals surface area (Å²) in [6.45, 7) is 4.94. The van der Waals surface area contributed by atoms with E-state index in [2.05, 4.69) is 29.9 Å². The molecule has 0 bridgehead atoms. The Balaban J connectivity index is 1.45. The quantitative estimate of drug-likeness (QED) is 0.777. The van der Waals surface area contributed by atoms with E-state index in [4.69, 9.17) is 9.47 Å². The van der Waals surface area contributed by atoms with Gasteiger partial charge in [-0.15, -0.1) is 0 Å². The van der Waals surface area contributed by atoms with E-state index in [1.165, 1.54) is 6.33 Å². The van der Waals surface area contributed by atoms with Gasteiger partial charge in [-0.2, -0.15) is 0 Å². The lowest BCUT2D eigenvalue weighted by Crippen LogP contribution is -2.54. The largest absolute Gasteiger partial charge is 0.487 e. The number of nitrogens with zero attached hydrogens (tertiary/aromatic N) is 3. The number of rotatable bonds is 1. The molecule has 0 saturated carbocycles. The number of benzene rings is 1. The van der Waals surface area contributed by atoms with Crippen LogP contribution in [0.5, 0.6) is 5.75 Å². The van der Waals surface area contributed by atoms with Crippen LogP contribution in [-0.4, -0.2) is 45.1 Å². The predicted molar refractivity (Wildman–Crippen MR) is 98.3 cm³/mol. The molecule has 2 aromatic rings. The first-order chi connectivity index (χ1) is 13.0. The van der Waals surface area contributed by atoms with Crippen molar-refractivity contribution in [2.24, 2.45) is 5.92 Å². The lowest BCUT2D eigenvalue weighted by molar-refractivity contribution is -0.159. The molecule has 27 heavy (non-hydrogen) atoms. The standard InChI is InChI=1S/C21H23N3O3/c1-21(2)14-11-16-18(26-19(14)13-5-3-4-6-17(13)27-21)8-10-24(16)20(25)15-7-9-22-12-23-15/h3-7,9,12,14,16,18-19H,8,10-11H2,1-2H3/t14-,16-,18-,19+/m1/s1. The van der Waals surface area contributed by atoms with Crippen molar-refractivity contribution < 1.29 is 14.3 Å². The smallest absolute Gasteiger partial charge is 0.272 e. The second-order valence-corrected chi connectivity index (χ2v) is 8.13. The highest BCUT2D eigenvalue weighted by molar-refractivity contribution is 5.92. The highest BCUT2D eigenvalue weighted by atomic mass is 16.5. The first-order valence-electron chi connectivity index (χ1n) is 9.55. The van der Waals surface area contributed by atoms with Crippen LogP contribution in [0.4, 0.5) is 0 Å². The molecule has 1 aromatic carbocycles. The summed E-state index contributed by atoms with van der Waals surface area (Å²) >= 11 is 0. The van der Waals surface area contributed by atoms with Crippen LogP contribution in [0.25, 0.3) is 0 Å². The number of aromatic nitrogens is 2.